The number of nitrogens with zero attached hydrogens (tertiary/aromatic N) is 6. The van der Waals surface area contributed by atoms with E-state index in [0.29, 0.717) is 41.1 Å². The number of imidazole rings is 1. The summed E-state index contributed by atoms with van der Waals surface area (Å²) in [6, 6.07) is 11.5. The Morgan fingerprint density at radius 2 is 2.21 bits per heavy atom. The average Bonchev–Trinajstić information content (AvgIpc) is 3.44. The van der Waals surface area contributed by atoms with Gasteiger partial charge in [-0.3, -0.25) is 9.59 Å². The van der Waals surface area contributed by atoms with Crippen LogP contribution < -0.4 is 5.32 Å². The largest absolute Gasteiger partial charge is 0.322 e. The molecule has 0 radical (unpaired) electrons. The maximum Gasteiger partial charge on any atom is 0.259 e. The first kappa shape index (κ1) is 20.6. The van der Waals surface area contributed by atoms with E-state index in [1.54, 1.807) is 29.3 Å². The predicted octanol–water partition coefficient (Wildman–Crippen LogP) is 3.14. The molecule has 0 aliphatic heterocycles. The molecule has 1 N–H and O–H groups in total. The van der Waals surface area contributed by atoms with Gasteiger partial charge in [0.05, 0.1) is 17.0 Å². The van der Waals surface area contributed by atoms with Crippen LogP contribution in [-0.2, 0) is 12.5 Å². The van der Waals surface area contributed by atoms with Gasteiger partial charge in [0.25, 0.3) is 5.91 Å². The Morgan fingerprint density at radius 1 is 1.36 bits per heavy atom. The zero-order chi connectivity index (χ0) is 23.0. The van der Waals surface area contributed by atoms with E-state index in [1.807, 2.05) is 35.9 Å². The van der Waals surface area contributed by atoms with E-state index >= 15 is 0 Å². The summed E-state index contributed by atoms with van der Waals surface area (Å²) in [5.74, 6) is 0.790. The Balaban J connectivity index is 1.48. The second-order valence-corrected chi connectivity index (χ2v) is 8.48. The van der Waals surface area contributed by atoms with Crippen LogP contribution in [0.15, 0.2) is 55.2 Å². The summed E-state index contributed by atoms with van der Waals surface area (Å²) in [6.07, 6.45) is 9.38. The summed E-state index contributed by atoms with van der Waals surface area (Å²) >= 11 is 0. The van der Waals surface area contributed by atoms with Gasteiger partial charge >= 0.3 is 0 Å². The molecule has 1 aromatic carbocycles. The van der Waals surface area contributed by atoms with Crippen LogP contribution in [0.3, 0.4) is 0 Å². The fourth-order valence-corrected chi connectivity index (χ4v) is 4.84. The minimum Gasteiger partial charge on any atom is -0.322 e. The first-order valence-corrected chi connectivity index (χ1v) is 10.6. The number of amides is 1. The lowest BCUT2D eigenvalue weighted by Crippen LogP contribution is -2.44. The first-order valence-electron chi connectivity index (χ1n) is 10.6. The van der Waals surface area contributed by atoms with Crippen molar-refractivity contribution in [3.8, 4) is 6.07 Å². The highest BCUT2D eigenvalue weighted by atomic mass is 16.1. The molecular weight excluding hydrogens is 418 g/mol. The van der Waals surface area contributed by atoms with Gasteiger partial charge in [0, 0.05) is 43.3 Å². The third-order valence-electron chi connectivity index (χ3n) is 6.36. The molecule has 164 valence electrons. The van der Waals surface area contributed by atoms with E-state index in [0.717, 1.165) is 24.2 Å². The number of hydrogen-bond donors (Lipinski definition) is 1. The fraction of sp³-hybridized carbons (Fsp3) is 0.250. The smallest absolute Gasteiger partial charge is 0.259 e. The van der Waals surface area contributed by atoms with Crippen molar-refractivity contribution in [2.24, 2.45) is 13.0 Å². The summed E-state index contributed by atoms with van der Waals surface area (Å²) < 4.78 is 3.57. The fourth-order valence-electron chi connectivity index (χ4n) is 4.84. The number of benzene rings is 1. The quantitative estimate of drug-likeness (QED) is 0.461. The molecule has 4 aromatic rings. The van der Waals surface area contributed by atoms with E-state index < -0.39 is 0 Å². The van der Waals surface area contributed by atoms with Crippen molar-refractivity contribution < 1.29 is 9.59 Å². The number of carbonyl (C=O) groups is 2. The number of fused-ring (bicyclic) bond motifs is 1. The Bertz CT molecular complexity index is 1410. The van der Waals surface area contributed by atoms with Crippen LogP contribution >= 0.6 is 0 Å². The molecule has 3 aromatic heterocycles. The second-order valence-electron chi connectivity index (χ2n) is 8.48. The van der Waals surface area contributed by atoms with E-state index in [9.17, 15) is 9.59 Å². The topological polar surface area (TPSA) is 118 Å². The molecule has 0 bridgehead atoms. The Hall–Kier alpha value is -4.32. The molecule has 0 unspecified atom stereocenters. The molecule has 0 atom stereocenters. The number of aromatic nitrogens is 5. The minimum absolute atomic E-state index is 0.296. The Morgan fingerprint density at radius 3 is 2.94 bits per heavy atom. The number of aldehydes is 1. The van der Waals surface area contributed by atoms with Crippen molar-refractivity contribution >= 4 is 23.5 Å². The number of carbonyl (C=O) groups excluding carboxylic acids is 2. The van der Waals surface area contributed by atoms with Crippen LogP contribution in [-0.4, -0.2) is 36.3 Å². The molecule has 3 heterocycles. The van der Waals surface area contributed by atoms with Crippen LogP contribution in [0.5, 0.6) is 0 Å². The molecule has 9 heteroatoms. The molecule has 1 saturated carbocycles. The average molecular weight is 439 g/mol. The number of anilines is 1. The van der Waals surface area contributed by atoms with Crippen LogP contribution in [0.1, 0.15) is 51.4 Å². The normalized spacial score (nSPS) is 19.6. The third-order valence-corrected chi connectivity index (χ3v) is 6.36. The van der Waals surface area contributed by atoms with Crippen molar-refractivity contribution in [3.05, 3.63) is 77.8 Å². The summed E-state index contributed by atoms with van der Waals surface area (Å²) in [7, 11) is 1.91. The Kier molecular flexibility index (Phi) is 4.98. The number of rotatable bonds is 6. The Labute approximate surface area is 189 Å². The zero-order valence-electron chi connectivity index (χ0n) is 18.0. The standard InChI is InChI=1S/C24H21N7O2/c1-30-15-27-29-23(30)24(11-16(12-24)5-6-25)18-3-2-4-19(10-18)28-22(33)20-9-17(14-32)13-31-8-7-26-21(20)31/h2-4,7-10,13-16H,5,11-12H2,1H3,(H,28,33). The summed E-state index contributed by atoms with van der Waals surface area (Å²) in [5.41, 5.74) is 2.46. The lowest BCUT2D eigenvalue weighted by Gasteiger charge is -2.46. The molecule has 1 aliphatic rings. The van der Waals surface area contributed by atoms with Crippen molar-refractivity contribution in [3.63, 3.8) is 0 Å². The molecule has 1 amide bonds. The van der Waals surface area contributed by atoms with Crippen LogP contribution in [0.25, 0.3) is 5.65 Å². The van der Waals surface area contributed by atoms with E-state index in [-0.39, 0.29) is 11.3 Å². The molecule has 5 rings (SSSR count). The van der Waals surface area contributed by atoms with Gasteiger partial charge in [-0.2, -0.15) is 5.26 Å². The lowest BCUT2D eigenvalue weighted by atomic mass is 9.57. The number of nitrogens with one attached hydrogen (secondary N) is 1. The van der Waals surface area contributed by atoms with Crippen molar-refractivity contribution in [1.29, 1.82) is 5.26 Å². The van der Waals surface area contributed by atoms with Gasteiger partial charge in [-0.25, -0.2) is 4.98 Å². The van der Waals surface area contributed by atoms with Gasteiger partial charge in [0.15, 0.2) is 6.29 Å². The van der Waals surface area contributed by atoms with E-state index in [2.05, 4.69) is 26.6 Å². The summed E-state index contributed by atoms with van der Waals surface area (Å²) in [6.45, 7) is 0. The summed E-state index contributed by atoms with van der Waals surface area (Å²) in [4.78, 5) is 28.7. The molecule has 9 nitrogen and oxygen atoms in total. The van der Waals surface area contributed by atoms with Crippen LogP contribution in [0, 0.1) is 17.2 Å². The van der Waals surface area contributed by atoms with E-state index in [4.69, 9.17) is 5.26 Å². The number of hydrogen-bond acceptors (Lipinski definition) is 6. The summed E-state index contributed by atoms with van der Waals surface area (Å²) in [5, 5.41) is 20.5. The highest BCUT2D eigenvalue weighted by molar-refractivity contribution is 6.09. The van der Waals surface area contributed by atoms with Crippen molar-refractivity contribution in [2.45, 2.75) is 24.7 Å². The first-order chi connectivity index (χ1) is 16.0. The van der Waals surface area contributed by atoms with Gasteiger partial charge in [-0.05, 0) is 42.5 Å². The van der Waals surface area contributed by atoms with Crippen molar-refractivity contribution in [1.82, 2.24) is 24.1 Å². The molecule has 1 fully saturated rings. The number of pyridine rings is 1. The van der Waals surface area contributed by atoms with Crippen molar-refractivity contribution in [2.75, 3.05) is 5.32 Å². The van der Waals surface area contributed by atoms with Gasteiger partial charge in [-0.1, -0.05) is 12.1 Å². The van der Waals surface area contributed by atoms with Gasteiger partial charge in [0.1, 0.15) is 17.8 Å². The van der Waals surface area contributed by atoms with Crippen LogP contribution in [0.4, 0.5) is 5.69 Å². The minimum atomic E-state index is -0.360. The maximum atomic E-state index is 13.1. The SMILES string of the molecule is Cn1cnnc1C1(c2cccc(NC(=O)c3cc(C=O)cn4ccnc34)c2)CC(CC#N)C1. The van der Waals surface area contributed by atoms with Gasteiger partial charge < -0.3 is 14.3 Å². The van der Waals surface area contributed by atoms with Gasteiger partial charge in [-0.15, -0.1) is 10.2 Å². The maximum absolute atomic E-state index is 13.1. The molecule has 0 spiro atoms. The molecular formula is C24H21N7O2. The second kappa shape index (κ2) is 7.98. The number of nitriles is 1. The van der Waals surface area contributed by atoms with Crippen LogP contribution in [0.2, 0.25) is 0 Å². The number of aryl methyl sites for hydroxylation is 1. The van der Waals surface area contributed by atoms with E-state index in [1.165, 1.54) is 6.07 Å². The lowest BCUT2D eigenvalue weighted by molar-refractivity contribution is 0.102. The predicted molar refractivity (Wildman–Crippen MR) is 120 cm³/mol. The monoisotopic (exact) mass is 439 g/mol. The zero-order valence-corrected chi connectivity index (χ0v) is 18.0. The van der Waals surface area contributed by atoms with Gasteiger partial charge in [0.2, 0.25) is 0 Å². The third kappa shape index (κ3) is 3.46. The highest BCUT2D eigenvalue weighted by Crippen LogP contribution is 2.53. The molecule has 33 heavy (non-hydrogen) atoms. The highest BCUT2D eigenvalue weighted by Gasteiger charge is 2.49. The molecule has 0 saturated heterocycles. The molecule has 1 aliphatic carbocycles.